The Kier molecular flexibility index (Phi) is 4.96. The normalized spacial score (nSPS) is 16.8. The van der Waals surface area contributed by atoms with Crippen LogP contribution in [0.4, 0.5) is 15.9 Å². The van der Waals surface area contributed by atoms with Crippen LogP contribution in [0.2, 0.25) is 0 Å². The lowest BCUT2D eigenvalue weighted by Crippen LogP contribution is -2.41. The highest BCUT2D eigenvalue weighted by Gasteiger charge is 2.27. The highest BCUT2D eigenvalue weighted by Crippen LogP contribution is 2.23. The topological polar surface area (TPSA) is 88.8 Å². The van der Waals surface area contributed by atoms with Gasteiger partial charge >= 0.3 is 0 Å². The Morgan fingerprint density at radius 2 is 2.04 bits per heavy atom. The van der Waals surface area contributed by atoms with E-state index >= 15 is 0 Å². The van der Waals surface area contributed by atoms with E-state index in [0.29, 0.717) is 29.4 Å². The zero-order valence-corrected chi connectivity index (χ0v) is 15.4. The summed E-state index contributed by atoms with van der Waals surface area (Å²) in [6, 6.07) is 8.40. The predicted molar refractivity (Wildman–Crippen MR) is 102 cm³/mol. The second-order valence-corrected chi connectivity index (χ2v) is 6.83. The lowest BCUT2D eigenvalue weighted by Gasteiger charge is -2.32. The van der Waals surface area contributed by atoms with E-state index < -0.39 is 0 Å². The van der Waals surface area contributed by atoms with E-state index in [2.05, 4.69) is 25.6 Å². The predicted octanol–water partition coefficient (Wildman–Crippen LogP) is 2.36. The number of rotatable bonds is 4. The van der Waals surface area contributed by atoms with E-state index in [9.17, 15) is 9.18 Å². The first-order chi connectivity index (χ1) is 13.6. The fourth-order valence-corrected chi connectivity index (χ4v) is 3.25. The highest BCUT2D eigenvalue weighted by molar-refractivity contribution is 5.93. The molecule has 2 aromatic heterocycles. The van der Waals surface area contributed by atoms with Crippen LogP contribution in [0, 0.1) is 18.7 Å². The first-order valence-corrected chi connectivity index (χ1v) is 9.11. The Hall–Kier alpha value is -3.36. The summed E-state index contributed by atoms with van der Waals surface area (Å²) in [6.07, 6.45) is 4.64. The molecule has 28 heavy (non-hydrogen) atoms. The third-order valence-electron chi connectivity index (χ3n) is 4.85. The molecule has 0 spiro atoms. The molecule has 1 aromatic carbocycles. The smallest absolute Gasteiger partial charge is 0.229 e. The number of carbonyl (C=O) groups excluding carboxylic acids is 1. The first-order valence-electron chi connectivity index (χ1n) is 9.11. The van der Waals surface area contributed by atoms with Crippen molar-refractivity contribution in [1.29, 1.82) is 0 Å². The average molecular weight is 381 g/mol. The molecule has 144 valence electrons. The summed E-state index contributed by atoms with van der Waals surface area (Å²) in [5, 5.41) is 15.3. The quantitative estimate of drug-likeness (QED) is 0.746. The minimum Gasteiger partial charge on any atom is -0.354 e. The van der Waals surface area contributed by atoms with Crippen molar-refractivity contribution < 1.29 is 9.18 Å². The maximum absolute atomic E-state index is 13.7. The van der Waals surface area contributed by atoms with Crippen molar-refractivity contribution in [2.24, 2.45) is 5.92 Å². The molecule has 0 radical (unpaired) electrons. The summed E-state index contributed by atoms with van der Waals surface area (Å²) in [4.78, 5) is 18.6. The molecule has 0 bridgehead atoms. The molecule has 1 aliphatic rings. The standard InChI is InChI=1S/C19H20FN7O/c1-13-4-5-15(9-16(13)20)23-19(28)14-3-2-8-26(10-14)17-6-7-18(25-24-17)27-12-21-11-22-27/h4-7,9,11-12,14H,2-3,8,10H2,1H3,(H,23,28). The summed E-state index contributed by atoms with van der Waals surface area (Å²) in [5.74, 6) is 0.651. The van der Waals surface area contributed by atoms with Crippen molar-refractivity contribution in [2.75, 3.05) is 23.3 Å². The molecular weight excluding hydrogens is 361 g/mol. The molecule has 1 N–H and O–H groups in total. The van der Waals surface area contributed by atoms with Crippen LogP contribution >= 0.6 is 0 Å². The lowest BCUT2D eigenvalue weighted by molar-refractivity contribution is -0.120. The molecule has 1 aliphatic heterocycles. The third kappa shape index (κ3) is 3.83. The zero-order chi connectivity index (χ0) is 19.5. The summed E-state index contributed by atoms with van der Waals surface area (Å²) in [7, 11) is 0. The van der Waals surface area contributed by atoms with Gasteiger partial charge in [0.15, 0.2) is 11.6 Å². The molecule has 1 unspecified atom stereocenters. The Labute approximate surface area is 161 Å². The van der Waals surface area contributed by atoms with Gasteiger partial charge in [-0.15, -0.1) is 10.2 Å². The lowest BCUT2D eigenvalue weighted by atomic mass is 9.97. The van der Waals surface area contributed by atoms with Gasteiger partial charge in [0.1, 0.15) is 18.5 Å². The van der Waals surface area contributed by atoms with E-state index in [1.807, 2.05) is 17.0 Å². The van der Waals surface area contributed by atoms with Crippen molar-refractivity contribution in [1.82, 2.24) is 25.0 Å². The summed E-state index contributed by atoms with van der Waals surface area (Å²) < 4.78 is 15.2. The second kappa shape index (κ2) is 7.71. The van der Waals surface area contributed by atoms with Gasteiger partial charge < -0.3 is 10.2 Å². The van der Waals surface area contributed by atoms with Crippen molar-refractivity contribution in [2.45, 2.75) is 19.8 Å². The van der Waals surface area contributed by atoms with Crippen molar-refractivity contribution in [3.05, 3.63) is 54.4 Å². The van der Waals surface area contributed by atoms with Gasteiger partial charge in [0.25, 0.3) is 0 Å². The Morgan fingerprint density at radius 3 is 2.75 bits per heavy atom. The van der Waals surface area contributed by atoms with Crippen LogP contribution in [0.15, 0.2) is 43.0 Å². The summed E-state index contributed by atoms with van der Waals surface area (Å²) in [6.45, 7) is 3.03. The van der Waals surface area contributed by atoms with Gasteiger partial charge in [-0.1, -0.05) is 6.07 Å². The van der Waals surface area contributed by atoms with Gasteiger partial charge in [-0.3, -0.25) is 4.79 Å². The second-order valence-electron chi connectivity index (χ2n) is 6.83. The van der Waals surface area contributed by atoms with Gasteiger partial charge in [0.2, 0.25) is 5.91 Å². The number of halogens is 1. The number of nitrogens with one attached hydrogen (secondary N) is 1. The molecule has 1 saturated heterocycles. The Morgan fingerprint density at radius 1 is 1.21 bits per heavy atom. The number of nitrogens with zero attached hydrogens (tertiary/aromatic N) is 6. The van der Waals surface area contributed by atoms with Crippen LogP contribution in [0.1, 0.15) is 18.4 Å². The molecule has 4 rings (SSSR count). The SMILES string of the molecule is Cc1ccc(NC(=O)C2CCCN(c3ccc(-n4cncn4)nn3)C2)cc1F. The van der Waals surface area contributed by atoms with Crippen LogP contribution in [0.3, 0.4) is 0 Å². The number of benzene rings is 1. The molecule has 0 saturated carbocycles. The van der Waals surface area contributed by atoms with E-state index in [1.165, 1.54) is 17.1 Å². The molecule has 8 nitrogen and oxygen atoms in total. The molecule has 3 aromatic rings. The number of aromatic nitrogens is 5. The van der Waals surface area contributed by atoms with Crippen molar-refractivity contribution in [3.8, 4) is 5.82 Å². The molecule has 9 heteroatoms. The Balaban J connectivity index is 1.42. The summed E-state index contributed by atoms with van der Waals surface area (Å²) in [5.41, 5.74) is 1.02. The fraction of sp³-hybridized carbons (Fsp3) is 0.316. The number of anilines is 2. The minimum absolute atomic E-state index is 0.111. The largest absolute Gasteiger partial charge is 0.354 e. The monoisotopic (exact) mass is 381 g/mol. The van der Waals surface area contributed by atoms with Crippen LogP contribution in [-0.4, -0.2) is 44.0 Å². The van der Waals surface area contributed by atoms with Gasteiger partial charge in [-0.2, -0.15) is 5.10 Å². The van der Waals surface area contributed by atoms with E-state index in [1.54, 1.807) is 25.4 Å². The molecule has 0 aliphatic carbocycles. The molecule has 1 fully saturated rings. The van der Waals surface area contributed by atoms with E-state index in [0.717, 1.165) is 19.4 Å². The van der Waals surface area contributed by atoms with Gasteiger partial charge in [-0.05, 0) is 49.6 Å². The number of hydrogen-bond donors (Lipinski definition) is 1. The third-order valence-corrected chi connectivity index (χ3v) is 4.85. The number of hydrogen-bond acceptors (Lipinski definition) is 6. The number of amides is 1. The molecular formula is C19H20FN7O. The fourth-order valence-electron chi connectivity index (χ4n) is 3.25. The maximum atomic E-state index is 13.7. The van der Waals surface area contributed by atoms with Gasteiger partial charge in [-0.25, -0.2) is 14.1 Å². The summed E-state index contributed by atoms with van der Waals surface area (Å²) >= 11 is 0. The number of piperidine rings is 1. The number of aryl methyl sites for hydroxylation is 1. The molecule has 1 atom stereocenters. The average Bonchev–Trinajstić information content (AvgIpc) is 3.26. The van der Waals surface area contributed by atoms with Crippen LogP contribution < -0.4 is 10.2 Å². The number of carbonyl (C=O) groups is 1. The van der Waals surface area contributed by atoms with Crippen molar-refractivity contribution in [3.63, 3.8) is 0 Å². The Bertz CT molecular complexity index is 959. The van der Waals surface area contributed by atoms with Crippen LogP contribution in [0.5, 0.6) is 0 Å². The first kappa shape index (κ1) is 18.0. The van der Waals surface area contributed by atoms with Crippen molar-refractivity contribution >= 4 is 17.4 Å². The van der Waals surface area contributed by atoms with Gasteiger partial charge in [0, 0.05) is 18.8 Å². The van der Waals surface area contributed by atoms with E-state index in [4.69, 9.17) is 0 Å². The maximum Gasteiger partial charge on any atom is 0.229 e. The van der Waals surface area contributed by atoms with Crippen LogP contribution in [0.25, 0.3) is 5.82 Å². The van der Waals surface area contributed by atoms with E-state index in [-0.39, 0.29) is 17.6 Å². The molecule has 3 heterocycles. The zero-order valence-electron chi connectivity index (χ0n) is 15.4. The van der Waals surface area contributed by atoms with Gasteiger partial charge in [0.05, 0.1) is 5.92 Å². The highest BCUT2D eigenvalue weighted by atomic mass is 19.1. The minimum atomic E-state index is -0.328. The molecule has 1 amide bonds. The van der Waals surface area contributed by atoms with Crippen LogP contribution in [-0.2, 0) is 4.79 Å².